The van der Waals surface area contributed by atoms with Crippen LogP contribution in [0.4, 0.5) is 4.79 Å². The molecular weight excluding hydrogens is 444 g/mol. The number of nitrogens with two attached hydrogens (primary N) is 1. The normalized spacial score (nSPS) is 18.0. The number of carboxylic acids is 2. The summed E-state index contributed by atoms with van der Waals surface area (Å²) in [7, 11) is 1.46. The summed E-state index contributed by atoms with van der Waals surface area (Å²) in [5, 5.41) is 22.9. The van der Waals surface area contributed by atoms with Gasteiger partial charge < -0.3 is 25.6 Å². The van der Waals surface area contributed by atoms with Crippen LogP contribution < -0.4 is 11.1 Å². The number of urea groups is 1. The lowest BCUT2D eigenvalue weighted by Crippen LogP contribution is -2.72. The summed E-state index contributed by atoms with van der Waals surface area (Å²) < 4.78 is 4.90. The molecule has 11 heteroatoms. The highest BCUT2D eigenvalue weighted by atomic mass is 16.5. The molecule has 0 aliphatic carbocycles. The van der Waals surface area contributed by atoms with Gasteiger partial charge in [-0.3, -0.25) is 19.8 Å². The fourth-order valence-corrected chi connectivity index (χ4v) is 4.01. The van der Waals surface area contributed by atoms with Gasteiger partial charge in [0.1, 0.15) is 6.04 Å². The van der Waals surface area contributed by atoms with E-state index in [1.165, 1.54) is 11.9 Å². The van der Waals surface area contributed by atoms with Crippen LogP contribution in [0.15, 0.2) is 24.3 Å². The molecule has 1 aromatic rings. The van der Waals surface area contributed by atoms with E-state index in [1.54, 1.807) is 31.2 Å². The van der Waals surface area contributed by atoms with Gasteiger partial charge in [-0.15, -0.1) is 0 Å². The van der Waals surface area contributed by atoms with Crippen LogP contribution in [0.2, 0.25) is 0 Å². The summed E-state index contributed by atoms with van der Waals surface area (Å²) in [4.78, 5) is 52.2. The van der Waals surface area contributed by atoms with Gasteiger partial charge in [-0.2, -0.15) is 0 Å². The average Bonchev–Trinajstić information content (AvgIpc) is 2.80. The molecule has 0 fully saturated rings. The van der Waals surface area contributed by atoms with E-state index in [9.17, 15) is 29.4 Å². The Morgan fingerprint density at radius 3 is 2.47 bits per heavy atom. The molecule has 5 N–H and O–H groups in total. The Kier molecular flexibility index (Phi) is 9.82. The maximum absolute atomic E-state index is 13.4. The maximum Gasteiger partial charge on any atom is 0.345 e. The van der Waals surface area contributed by atoms with Crippen LogP contribution in [0.1, 0.15) is 43.7 Å². The average molecular weight is 479 g/mol. The highest BCUT2D eigenvalue weighted by Crippen LogP contribution is 2.32. The molecule has 0 bridgehead atoms. The van der Waals surface area contributed by atoms with Crippen molar-refractivity contribution < 1.29 is 34.1 Å². The minimum absolute atomic E-state index is 0.0182. The number of esters is 1. The number of carboxylic acid groups (broad SMARTS) is 2. The van der Waals surface area contributed by atoms with Gasteiger partial charge in [-0.05, 0) is 37.4 Å². The zero-order valence-electron chi connectivity index (χ0n) is 19.7. The van der Waals surface area contributed by atoms with Crippen molar-refractivity contribution in [3.63, 3.8) is 0 Å². The number of ether oxygens (including phenoxy) is 1. The Hall–Kier alpha value is -3.18. The molecule has 1 aromatic carbocycles. The number of benzene rings is 1. The standard InChI is InChI=1S/C23H34N4O7/c1-3-34-19(28)11-13-26(2)22(33)27-15-17-9-5-4-8-16(17)14-23(27,21(31)32)25-18(20(29)30)10-6-7-12-24/h4-5,8-9,18,25H,3,6-7,10-15,24H2,1-2H3,(H,29,30)(H,31,32)/t18-,23-/m0/s1. The molecule has 2 amide bonds. The second kappa shape index (κ2) is 12.3. The number of nitrogens with one attached hydrogen (secondary N) is 1. The molecule has 0 radical (unpaired) electrons. The minimum Gasteiger partial charge on any atom is -0.480 e. The summed E-state index contributed by atoms with van der Waals surface area (Å²) in [6.07, 6.45) is 1.07. The molecule has 0 unspecified atom stereocenters. The number of fused-ring (bicyclic) bond motifs is 1. The zero-order chi connectivity index (χ0) is 25.3. The van der Waals surface area contributed by atoms with Gasteiger partial charge in [-0.1, -0.05) is 30.7 Å². The van der Waals surface area contributed by atoms with E-state index in [1.807, 2.05) is 0 Å². The summed E-state index contributed by atoms with van der Waals surface area (Å²) in [6, 6.07) is 5.29. The number of hydrogen-bond donors (Lipinski definition) is 4. The molecule has 0 spiro atoms. The number of carbonyl (C=O) groups is 4. The predicted molar refractivity (Wildman–Crippen MR) is 123 cm³/mol. The molecule has 2 rings (SSSR count). The first kappa shape index (κ1) is 27.1. The molecule has 1 heterocycles. The Morgan fingerprint density at radius 1 is 1.21 bits per heavy atom. The number of aliphatic carboxylic acids is 2. The third-order valence-corrected chi connectivity index (χ3v) is 5.88. The van der Waals surface area contributed by atoms with E-state index in [0.29, 0.717) is 24.9 Å². The van der Waals surface area contributed by atoms with Crippen LogP contribution in [-0.2, 0) is 32.1 Å². The molecule has 0 saturated heterocycles. The summed E-state index contributed by atoms with van der Waals surface area (Å²) in [6.45, 7) is 2.26. The van der Waals surface area contributed by atoms with Crippen LogP contribution in [0, 0.1) is 0 Å². The van der Waals surface area contributed by atoms with E-state index in [0.717, 1.165) is 10.5 Å². The van der Waals surface area contributed by atoms with E-state index in [2.05, 4.69) is 5.32 Å². The lowest BCUT2D eigenvalue weighted by molar-refractivity contribution is -0.156. The molecule has 34 heavy (non-hydrogen) atoms. The first-order chi connectivity index (χ1) is 16.2. The van der Waals surface area contributed by atoms with Crippen LogP contribution in [0.3, 0.4) is 0 Å². The third kappa shape index (κ3) is 6.45. The van der Waals surface area contributed by atoms with Gasteiger partial charge in [0.25, 0.3) is 0 Å². The highest BCUT2D eigenvalue weighted by molar-refractivity contribution is 5.88. The molecule has 1 aliphatic rings. The van der Waals surface area contributed by atoms with Crippen LogP contribution in [-0.4, -0.2) is 82.4 Å². The van der Waals surface area contributed by atoms with Crippen molar-refractivity contribution in [2.75, 3.05) is 26.7 Å². The van der Waals surface area contributed by atoms with Crippen molar-refractivity contribution in [1.29, 1.82) is 0 Å². The fourth-order valence-electron chi connectivity index (χ4n) is 4.01. The number of amides is 2. The second-order valence-corrected chi connectivity index (χ2v) is 8.28. The molecule has 188 valence electrons. The third-order valence-electron chi connectivity index (χ3n) is 5.88. The molecule has 11 nitrogen and oxygen atoms in total. The lowest BCUT2D eigenvalue weighted by atomic mass is 9.88. The van der Waals surface area contributed by atoms with Gasteiger partial charge in [0.15, 0.2) is 5.66 Å². The SMILES string of the molecule is CCOC(=O)CCN(C)C(=O)N1Cc2ccccc2C[C@@]1(N[C@@H](CCCCN)C(=O)O)C(=O)O. The molecular formula is C23H34N4O7. The minimum atomic E-state index is -1.99. The van der Waals surface area contributed by atoms with Crippen molar-refractivity contribution in [2.45, 2.75) is 57.3 Å². The van der Waals surface area contributed by atoms with Crippen molar-refractivity contribution in [3.05, 3.63) is 35.4 Å². The van der Waals surface area contributed by atoms with Gasteiger partial charge >= 0.3 is 23.9 Å². The van der Waals surface area contributed by atoms with E-state index >= 15 is 0 Å². The van der Waals surface area contributed by atoms with E-state index in [-0.39, 0.29) is 39.0 Å². The quantitative estimate of drug-likeness (QED) is 0.253. The Labute approximate surface area is 198 Å². The lowest BCUT2D eigenvalue weighted by Gasteiger charge is -2.47. The van der Waals surface area contributed by atoms with Crippen molar-refractivity contribution in [2.24, 2.45) is 5.73 Å². The maximum atomic E-state index is 13.4. The summed E-state index contributed by atoms with van der Waals surface area (Å²) >= 11 is 0. The highest BCUT2D eigenvalue weighted by Gasteiger charge is 2.52. The zero-order valence-corrected chi connectivity index (χ0v) is 19.7. The molecule has 0 saturated carbocycles. The molecule has 2 atom stereocenters. The van der Waals surface area contributed by atoms with Crippen LogP contribution in [0.25, 0.3) is 0 Å². The molecule has 1 aliphatic heterocycles. The topological polar surface area (TPSA) is 162 Å². The predicted octanol–water partition coefficient (Wildman–Crippen LogP) is 1.00. The number of carbonyl (C=O) groups excluding carboxylic acids is 2. The summed E-state index contributed by atoms with van der Waals surface area (Å²) in [5.41, 5.74) is 5.00. The van der Waals surface area contributed by atoms with E-state index in [4.69, 9.17) is 10.5 Å². The van der Waals surface area contributed by atoms with Gasteiger partial charge in [0, 0.05) is 20.0 Å². The summed E-state index contributed by atoms with van der Waals surface area (Å²) in [5.74, 6) is -3.04. The Bertz CT molecular complexity index is 894. The number of rotatable bonds is 12. The van der Waals surface area contributed by atoms with Crippen LogP contribution >= 0.6 is 0 Å². The van der Waals surface area contributed by atoms with Crippen molar-refractivity contribution >= 4 is 23.9 Å². The number of unbranched alkanes of at least 4 members (excludes halogenated alkanes) is 1. The number of hydrogen-bond acceptors (Lipinski definition) is 7. The van der Waals surface area contributed by atoms with E-state index < -0.39 is 35.6 Å². The Balaban J connectivity index is 2.40. The van der Waals surface area contributed by atoms with Crippen LogP contribution in [0.5, 0.6) is 0 Å². The van der Waals surface area contributed by atoms with Gasteiger partial charge in [-0.25, -0.2) is 9.59 Å². The largest absolute Gasteiger partial charge is 0.480 e. The second-order valence-electron chi connectivity index (χ2n) is 8.28. The first-order valence-electron chi connectivity index (χ1n) is 11.3. The Morgan fingerprint density at radius 2 is 1.88 bits per heavy atom. The van der Waals surface area contributed by atoms with Crippen molar-refractivity contribution in [1.82, 2.24) is 15.1 Å². The van der Waals surface area contributed by atoms with Gasteiger partial charge in [0.05, 0.1) is 19.6 Å². The smallest absolute Gasteiger partial charge is 0.345 e. The fraction of sp³-hybridized carbons (Fsp3) is 0.565. The van der Waals surface area contributed by atoms with Crippen molar-refractivity contribution in [3.8, 4) is 0 Å². The van der Waals surface area contributed by atoms with Gasteiger partial charge in [0.2, 0.25) is 0 Å². The first-order valence-corrected chi connectivity index (χ1v) is 11.3. The number of nitrogens with zero attached hydrogens (tertiary/aromatic N) is 2. The monoisotopic (exact) mass is 478 g/mol. The molecule has 0 aromatic heterocycles.